The average Bonchev–Trinajstić information content (AvgIpc) is 2.09. The number of piperazine rings is 1. The first-order valence-electron chi connectivity index (χ1n) is 4.44. The maximum absolute atomic E-state index is 9.02. The highest BCUT2D eigenvalue weighted by Crippen LogP contribution is 2.03. The summed E-state index contributed by atoms with van der Waals surface area (Å²) < 4.78 is 0. The van der Waals surface area contributed by atoms with Gasteiger partial charge in [0.2, 0.25) is 0 Å². The van der Waals surface area contributed by atoms with Crippen LogP contribution in [0.25, 0.3) is 0 Å². The van der Waals surface area contributed by atoms with Crippen LogP contribution in [0, 0.1) is 0 Å². The van der Waals surface area contributed by atoms with Gasteiger partial charge in [-0.25, -0.2) is 0 Å². The Kier molecular flexibility index (Phi) is 3.83. The Hall–Kier alpha value is -0.120. The van der Waals surface area contributed by atoms with E-state index in [1.807, 2.05) is 0 Å². The molecule has 0 amide bonds. The molecule has 1 aliphatic heterocycles. The van der Waals surface area contributed by atoms with Crippen molar-refractivity contribution in [1.29, 1.82) is 0 Å². The van der Waals surface area contributed by atoms with Gasteiger partial charge in [-0.3, -0.25) is 4.90 Å². The van der Waals surface area contributed by atoms with Crippen molar-refractivity contribution in [2.75, 3.05) is 32.8 Å². The molecule has 1 fully saturated rings. The van der Waals surface area contributed by atoms with Crippen molar-refractivity contribution in [3.8, 4) is 0 Å². The number of aliphatic hydroxyl groups is 1. The number of hydrogen-bond donors (Lipinski definition) is 2. The molecule has 1 atom stereocenters. The average molecular weight is 158 g/mol. The third kappa shape index (κ3) is 2.43. The smallest absolute Gasteiger partial charge is 0.0586 e. The molecule has 0 saturated carbocycles. The van der Waals surface area contributed by atoms with Gasteiger partial charge in [-0.1, -0.05) is 6.92 Å². The molecule has 0 aromatic carbocycles. The van der Waals surface area contributed by atoms with E-state index in [2.05, 4.69) is 17.1 Å². The molecule has 0 aromatic rings. The second kappa shape index (κ2) is 4.70. The third-order valence-electron chi connectivity index (χ3n) is 2.35. The van der Waals surface area contributed by atoms with Crippen molar-refractivity contribution in [2.45, 2.75) is 19.4 Å². The van der Waals surface area contributed by atoms with Gasteiger partial charge in [0.15, 0.2) is 0 Å². The number of rotatable bonds is 3. The van der Waals surface area contributed by atoms with Gasteiger partial charge in [0.1, 0.15) is 0 Å². The molecule has 1 heterocycles. The minimum absolute atomic E-state index is 0.302. The number of hydrogen-bond acceptors (Lipinski definition) is 3. The predicted octanol–water partition coefficient (Wildman–Crippen LogP) is -0.337. The van der Waals surface area contributed by atoms with Crippen molar-refractivity contribution < 1.29 is 5.11 Å². The molecule has 3 heteroatoms. The van der Waals surface area contributed by atoms with Crippen LogP contribution < -0.4 is 5.32 Å². The topological polar surface area (TPSA) is 35.5 Å². The molecule has 66 valence electrons. The van der Waals surface area contributed by atoms with E-state index in [9.17, 15) is 0 Å². The van der Waals surface area contributed by atoms with Gasteiger partial charge in [-0.2, -0.15) is 0 Å². The van der Waals surface area contributed by atoms with Crippen LogP contribution in [0.2, 0.25) is 0 Å². The molecule has 1 aliphatic rings. The van der Waals surface area contributed by atoms with E-state index in [1.54, 1.807) is 0 Å². The number of aliphatic hydroxyl groups excluding tert-OH is 1. The molecule has 0 radical (unpaired) electrons. The fourth-order valence-electron chi connectivity index (χ4n) is 1.55. The minimum Gasteiger partial charge on any atom is -0.395 e. The molecule has 0 aliphatic carbocycles. The van der Waals surface area contributed by atoms with E-state index < -0.39 is 0 Å². The standard InChI is InChI=1S/C8H18N2O/c1-2-8(7-11)10-5-3-9-4-6-10/h8-9,11H,2-7H2,1H3. The highest BCUT2D eigenvalue weighted by Gasteiger charge is 2.17. The first-order chi connectivity index (χ1) is 5.38. The lowest BCUT2D eigenvalue weighted by molar-refractivity contribution is 0.108. The first kappa shape index (κ1) is 8.97. The van der Waals surface area contributed by atoms with Gasteiger partial charge in [-0.05, 0) is 6.42 Å². The quantitative estimate of drug-likeness (QED) is 0.590. The Morgan fingerprint density at radius 3 is 2.55 bits per heavy atom. The second-order valence-electron chi connectivity index (χ2n) is 3.03. The van der Waals surface area contributed by atoms with Gasteiger partial charge < -0.3 is 10.4 Å². The van der Waals surface area contributed by atoms with Crippen LogP contribution in [0.5, 0.6) is 0 Å². The Morgan fingerprint density at radius 1 is 1.45 bits per heavy atom. The van der Waals surface area contributed by atoms with Crippen molar-refractivity contribution in [1.82, 2.24) is 10.2 Å². The molecule has 2 N–H and O–H groups in total. The lowest BCUT2D eigenvalue weighted by atomic mass is 10.2. The Bertz CT molecular complexity index is 98.3. The predicted molar refractivity (Wildman–Crippen MR) is 45.6 cm³/mol. The Balaban J connectivity index is 2.30. The molecular formula is C8H18N2O. The van der Waals surface area contributed by atoms with Crippen LogP contribution in [0.4, 0.5) is 0 Å². The van der Waals surface area contributed by atoms with Crippen LogP contribution in [-0.4, -0.2) is 48.8 Å². The molecule has 1 saturated heterocycles. The van der Waals surface area contributed by atoms with Crippen molar-refractivity contribution in [2.24, 2.45) is 0 Å². The zero-order valence-electron chi connectivity index (χ0n) is 7.21. The maximum Gasteiger partial charge on any atom is 0.0586 e. The van der Waals surface area contributed by atoms with E-state index >= 15 is 0 Å². The highest BCUT2D eigenvalue weighted by molar-refractivity contribution is 4.74. The fourth-order valence-corrected chi connectivity index (χ4v) is 1.55. The molecule has 0 bridgehead atoms. The summed E-state index contributed by atoms with van der Waals surface area (Å²) in [5.41, 5.74) is 0. The van der Waals surface area contributed by atoms with Crippen LogP contribution >= 0.6 is 0 Å². The van der Waals surface area contributed by atoms with E-state index in [1.165, 1.54) is 0 Å². The maximum atomic E-state index is 9.02. The minimum atomic E-state index is 0.302. The molecule has 3 nitrogen and oxygen atoms in total. The Morgan fingerprint density at radius 2 is 2.09 bits per heavy atom. The third-order valence-corrected chi connectivity index (χ3v) is 2.35. The van der Waals surface area contributed by atoms with Gasteiger partial charge in [0.25, 0.3) is 0 Å². The summed E-state index contributed by atoms with van der Waals surface area (Å²) in [6.07, 6.45) is 1.05. The first-order valence-corrected chi connectivity index (χ1v) is 4.44. The monoisotopic (exact) mass is 158 g/mol. The summed E-state index contributed by atoms with van der Waals surface area (Å²) in [6, 6.07) is 0.386. The lowest BCUT2D eigenvalue weighted by Gasteiger charge is -2.33. The largest absolute Gasteiger partial charge is 0.395 e. The van der Waals surface area contributed by atoms with E-state index in [4.69, 9.17) is 5.11 Å². The summed E-state index contributed by atoms with van der Waals surface area (Å²) in [4.78, 5) is 2.36. The molecule has 0 spiro atoms. The van der Waals surface area contributed by atoms with Gasteiger partial charge >= 0.3 is 0 Å². The fraction of sp³-hybridized carbons (Fsp3) is 1.00. The van der Waals surface area contributed by atoms with Gasteiger partial charge in [0.05, 0.1) is 6.61 Å². The van der Waals surface area contributed by atoms with Crippen LogP contribution in [0.3, 0.4) is 0 Å². The number of nitrogens with zero attached hydrogens (tertiary/aromatic N) is 1. The van der Waals surface area contributed by atoms with Crippen LogP contribution in [0.1, 0.15) is 13.3 Å². The Labute approximate surface area is 68.4 Å². The van der Waals surface area contributed by atoms with Gasteiger partial charge in [0, 0.05) is 32.2 Å². The van der Waals surface area contributed by atoms with E-state index in [0.29, 0.717) is 12.6 Å². The second-order valence-corrected chi connectivity index (χ2v) is 3.03. The molecule has 0 aromatic heterocycles. The number of nitrogens with one attached hydrogen (secondary N) is 1. The summed E-state index contributed by atoms with van der Waals surface area (Å²) in [5.74, 6) is 0. The molecule has 11 heavy (non-hydrogen) atoms. The molecule has 1 rings (SSSR count). The molecule has 1 unspecified atom stereocenters. The van der Waals surface area contributed by atoms with Gasteiger partial charge in [-0.15, -0.1) is 0 Å². The van der Waals surface area contributed by atoms with Crippen LogP contribution in [-0.2, 0) is 0 Å². The van der Waals surface area contributed by atoms with E-state index in [-0.39, 0.29) is 0 Å². The van der Waals surface area contributed by atoms with Crippen molar-refractivity contribution in [3.05, 3.63) is 0 Å². The summed E-state index contributed by atoms with van der Waals surface area (Å²) in [5, 5.41) is 12.3. The molecular weight excluding hydrogens is 140 g/mol. The lowest BCUT2D eigenvalue weighted by Crippen LogP contribution is -2.49. The summed E-state index contributed by atoms with van der Waals surface area (Å²) in [7, 11) is 0. The van der Waals surface area contributed by atoms with Crippen molar-refractivity contribution >= 4 is 0 Å². The highest BCUT2D eigenvalue weighted by atomic mass is 16.3. The summed E-state index contributed by atoms with van der Waals surface area (Å²) in [6.45, 7) is 6.73. The van der Waals surface area contributed by atoms with Crippen LogP contribution in [0.15, 0.2) is 0 Å². The normalized spacial score (nSPS) is 23.5. The zero-order valence-corrected chi connectivity index (χ0v) is 7.21. The van der Waals surface area contributed by atoms with E-state index in [0.717, 1.165) is 32.6 Å². The SMILES string of the molecule is CCC(CO)N1CCNCC1. The zero-order chi connectivity index (χ0) is 8.10. The summed E-state index contributed by atoms with van der Waals surface area (Å²) >= 11 is 0. The van der Waals surface area contributed by atoms with Crippen molar-refractivity contribution in [3.63, 3.8) is 0 Å².